The highest BCUT2D eigenvalue weighted by atomic mass is 35.5. The van der Waals surface area contributed by atoms with Gasteiger partial charge < -0.3 is 9.73 Å². The number of benzene rings is 2. The maximum absolute atomic E-state index is 12.0. The molecule has 2 aromatic carbocycles. The number of carbonyl (C=O) groups is 1. The van der Waals surface area contributed by atoms with Crippen molar-refractivity contribution in [1.29, 1.82) is 0 Å². The largest absolute Gasteiger partial charge is 0.421 e. The minimum absolute atomic E-state index is 0.0484. The summed E-state index contributed by atoms with van der Waals surface area (Å²) in [7, 11) is 0. The smallest absolute Gasteiger partial charge is 0.247 e. The van der Waals surface area contributed by atoms with Crippen LogP contribution in [-0.2, 0) is 17.8 Å². The quantitative estimate of drug-likeness (QED) is 0.727. The maximum atomic E-state index is 12.0. The van der Waals surface area contributed by atoms with Gasteiger partial charge in [-0.05, 0) is 36.8 Å². The van der Waals surface area contributed by atoms with Gasteiger partial charge in [-0.15, -0.1) is 10.2 Å². The Kier molecular flexibility index (Phi) is 5.46. The van der Waals surface area contributed by atoms with Crippen LogP contribution in [0.5, 0.6) is 0 Å². The lowest BCUT2D eigenvalue weighted by Crippen LogP contribution is -2.23. The van der Waals surface area contributed by atoms with E-state index >= 15 is 0 Å². The fourth-order valence-corrected chi connectivity index (χ4v) is 2.52. The molecule has 6 heteroatoms. The van der Waals surface area contributed by atoms with E-state index in [1.807, 2.05) is 37.3 Å². The highest BCUT2D eigenvalue weighted by Gasteiger charge is 2.10. The van der Waals surface area contributed by atoms with E-state index in [4.69, 9.17) is 16.0 Å². The number of rotatable bonds is 6. The molecule has 0 spiro atoms. The minimum Gasteiger partial charge on any atom is -0.421 e. The molecular formula is C19H18ClN3O2. The molecular weight excluding hydrogens is 338 g/mol. The summed E-state index contributed by atoms with van der Waals surface area (Å²) in [4.78, 5) is 12.0. The summed E-state index contributed by atoms with van der Waals surface area (Å²) in [6.07, 6.45) is 0.703. The first-order valence-electron chi connectivity index (χ1n) is 8.01. The summed E-state index contributed by atoms with van der Waals surface area (Å²) < 4.78 is 5.59. The van der Waals surface area contributed by atoms with Gasteiger partial charge in [-0.25, -0.2) is 0 Å². The van der Waals surface area contributed by atoms with Crippen LogP contribution >= 0.6 is 11.6 Å². The Bertz CT molecular complexity index is 859. The number of nitrogens with zero attached hydrogens (tertiary/aromatic N) is 2. The fourth-order valence-electron chi connectivity index (χ4n) is 2.40. The summed E-state index contributed by atoms with van der Waals surface area (Å²) in [5, 5.41) is 11.5. The Balaban J connectivity index is 1.50. The van der Waals surface area contributed by atoms with E-state index in [2.05, 4.69) is 21.6 Å². The van der Waals surface area contributed by atoms with Crippen LogP contribution in [0.3, 0.4) is 0 Å². The summed E-state index contributed by atoms with van der Waals surface area (Å²) >= 11 is 5.86. The summed E-state index contributed by atoms with van der Waals surface area (Å²) in [6, 6.07) is 15.2. The van der Waals surface area contributed by atoms with Crippen molar-refractivity contribution in [2.75, 3.05) is 0 Å². The summed E-state index contributed by atoms with van der Waals surface area (Å²) in [5.74, 6) is 0.815. The Morgan fingerprint density at radius 3 is 2.72 bits per heavy atom. The van der Waals surface area contributed by atoms with Gasteiger partial charge in [-0.2, -0.15) is 0 Å². The van der Waals surface area contributed by atoms with Gasteiger partial charge in [0.1, 0.15) is 0 Å². The average molecular weight is 356 g/mol. The Labute approximate surface area is 151 Å². The predicted molar refractivity (Wildman–Crippen MR) is 96.1 cm³/mol. The second-order valence-electron chi connectivity index (χ2n) is 5.77. The third-order valence-electron chi connectivity index (χ3n) is 3.70. The lowest BCUT2D eigenvalue weighted by molar-refractivity contribution is -0.121. The third-order valence-corrected chi connectivity index (χ3v) is 3.95. The van der Waals surface area contributed by atoms with Crippen LogP contribution in [0.4, 0.5) is 0 Å². The van der Waals surface area contributed by atoms with Crippen LogP contribution < -0.4 is 5.32 Å². The molecule has 3 aromatic rings. The molecule has 1 amide bonds. The zero-order valence-corrected chi connectivity index (χ0v) is 14.6. The molecule has 25 heavy (non-hydrogen) atoms. The molecule has 128 valence electrons. The fraction of sp³-hybridized carbons (Fsp3) is 0.211. The van der Waals surface area contributed by atoms with Crippen LogP contribution in [0.1, 0.15) is 23.4 Å². The van der Waals surface area contributed by atoms with Crippen molar-refractivity contribution >= 4 is 17.5 Å². The van der Waals surface area contributed by atoms with E-state index in [1.165, 1.54) is 5.56 Å². The number of amides is 1. The maximum Gasteiger partial charge on any atom is 0.247 e. The molecule has 0 unspecified atom stereocenters. The zero-order chi connectivity index (χ0) is 17.6. The number of hydrogen-bond donors (Lipinski definition) is 1. The number of hydrogen-bond acceptors (Lipinski definition) is 4. The van der Waals surface area contributed by atoms with Crippen LogP contribution in [0.2, 0.25) is 5.02 Å². The van der Waals surface area contributed by atoms with Gasteiger partial charge >= 0.3 is 0 Å². The monoisotopic (exact) mass is 355 g/mol. The molecule has 0 aliphatic heterocycles. The van der Waals surface area contributed by atoms with E-state index in [1.54, 1.807) is 12.1 Å². The first-order chi connectivity index (χ1) is 12.1. The lowest BCUT2D eigenvalue weighted by atomic mass is 10.1. The van der Waals surface area contributed by atoms with Crippen LogP contribution in [0.25, 0.3) is 11.5 Å². The number of halogens is 1. The van der Waals surface area contributed by atoms with Crippen LogP contribution in [0.15, 0.2) is 52.9 Å². The molecule has 0 saturated carbocycles. The van der Waals surface area contributed by atoms with Gasteiger partial charge in [0.15, 0.2) is 0 Å². The van der Waals surface area contributed by atoms with Crippen LogP contribution in [-0.4, -0.2) is 16.1 Å². The van der Waals surface area contributed by atoms with Gasteiger partial charge in [0, 0.05) is 30.0 Å². The molecule has 3 rings (SSSR count). The van der Waals surface area contributed by atoms with E-state index < -0.39 is 0 Å². The van der Waals surface area contributed by atoms with Crippen LogP contribution in [0, 0.1) is 6.92 Å². The average Bonchev–Trinajstić information content (AvgIpc) is 3.08. The molecule has 0 aliphatic rings. The van der Waals surface area contributed by atoms with E-state index in [9.17, 15) is 4.79 Å². The van der Waals surface area contributed by atoms with Gasteiger partial charge in [-0.3, -0.25) is 4.79 Å². The second kappa shape index (κ2) is 7.94. The van der Waals surface area contributed by atoms with Crippen molar-refractivity contribution in [3.8, 4) is 11.5 Å². The molecule has 0 radical (unpaired) electrons. The number of nitrogens with one attached hydrogen (secondary N) is 1. The van der Waals surface area contributed by atoms with E-state index in [0.717, 1.165) is 11.1 Å². The Morgan fingerprint density at radius 2 is 1.96 bits per heavy atom. The van der Waals surface area contributed by atoms with E-state index in [-0.39, 0.29) is 5.91 Å². The Hall–Kier alpha value is -2.66. The SMILES string of the molecule is Cc1cccc(CNC(=O)CCc2nnc(-c3ccc(Cl)cc3)o2)c1. The number of aryl methyl sites for hydroxylation is 2. The van der Waals surface area contributed by atoms with Crippen molar-refractivity contribution in [3.63, 3.8) is 0 Å². The van der Waals surface area contributed by atoms with Gasteiger partial charge in [0.05, 0.1) is 0 Å². The molecule has 1 heterocycles. The molecule has 0 bridgehead atoms. The molecule has 0 aliphatic carbocycles. The predicted octanol–water partition coefficient (Wildman–Crippen LogP) is 3.95. The first-order valence-corrected chi connectivity index (χ1v) is 8.38. The molecule has 0 saturated heterocycles. The van der Waals surface area contributed by atoms with E-state index in [0.29, 0.717) is 36.2 Å². The first kappa shape index (κ1) is 17.2. The molecule has 0 fully saturated rings. The molecule has 1 aromatic heterocycles. The van der Waals surface area contributed by atoms with Gasteiger partial charge in [-0.1, -0.05) is 41.4 Å². The molecule has 5 nitrogen and oxygen atoms in total. The molecule has 0 atom stereocenters. The van der Waals surface area contributed by atoms with Crippen molar-refractivity contribution in [2.45, 2.75) is 26.3 Å². The topological polar surface area (TPSA) is 68.0 Å². The van der Waals surface area contributed by atoms with Gasteiger partial charge in [0.2, 0.25) is 17.7 Å². The van der Waals surface area contributed by atoms with Crippen molar-refractivity contribution in [2.24, 2.45) is 0 Å². The lowest BCUT2D eigenvalue weighted by Gasteiger charge is -2.05. The highest BCUT2D eigenvalue weighted by molar-refractivity contribution is 6.30. The second-order valence-corrected chi connectivity index (χ2v) is 6.21. The Morgan fingerprint density at radius 1 is 1.16 bits per heavy atom. The zero-order valence-electron chi connectivity index (χ0n) is 13.8. The summed E-state index contributed by atoms with van der Waals surface area (Å²) in [6.45, 7) is 2.54. The highest BCUT2D eigenvalue weighted by Crippen LogP contribution is 2.20. The minimum atomic E-state index is -0.0484. The van der Waals surface area contributed by atoms with Crippen molar-refractivity contribution < 1.29 is 9.21 Å². The van der Waals surface area contributed by atoms with Crippen molar-refractivity contribution in [1.82, 2.24) is 15.5 Å². The third kappa shape index (κ3) is 4.90. The number of carbonyl (C=O) groups excluding carboxylic acids is 1. The molecule has 1 N–H and O–H groups in total. The van der Waals surface area contributed by atoms with Crippen molar-refractivity contribution in [3.05, 3.63) is 70.6 Å². The standard InChI is InChI=1S/C19H18ClN3O2/c1-13-3-2-4-14(11-13)12-21-17(24)9-10-18-22-23-19(25-18)15-5-7-16(20)8-6-15/h2-8,11H,9-10,12H2,1H3,(H,21,24). The summed E-state index contributed by atoms with van der Waals surface area (Å²) in [5.41, 5.74) is 3.05. The van der Waals surface area contributed by atoms with Gasteiger partial charge in [0.25, 0.3) is 0 Å². The number of aromatic nitrogens is 2. The normalized spacial score (nSPS) is 10.6.